The number of amides is 1. The summed E-state index contributed by atoms with van der Waals surface area (Å²) in [7, 11) is -2.38. The number of morpholine rings is 2. The third-order valence-electron chi connectivity index (χ3n) is 5.98. The highest BCUT2D eigenvalue weighted by Gasteiger charge is 2.24. The molecule has 10 heteroatoms. The summed E-state index contributed by atoms with van der Waals surface area (Å²) in [5, 5.41) is 0. The highest BCUT2D eigenvalue weighted by atomic mass is 32.2. The minimum atomic E-state index is -3.84. The number of methoxy groups -OCH3 is 1. The number of carbonyl (C=O) groups excluding carboxylic acids is 1. The van der Waals surface area contributed by atoms with Gasteiger partial charge in [-0.3, -0.25) is 9.69 Å². The molecule has 184 valence electrons. The fourth-order valence-corrected chi connectivity index (χ4v) is 5.12. The van der Waals surface area contributed by atoms with Gasteiger partial charge in [0.25, 0.3) is 5.91 Å². The van der Waals surface area contributed by atoms with Crippen LogP contribution in [0.15, 0.2) is 47.4 Å². The van der Waals surface area contributed by atoms with E-state index in [4.69, 9.17) is 14.2 Å². The molecule has 4 rings (SSSR count). The summed E-state index contributed by atoms with van der Waals surface area (Å²) < 4.78 is 44.8. The van der Waals surface area contributed by atoms with Crippen molar-refractivity contribution in [2.45, 2.75) is 18.0 Å². The lowest BCUT2D eigenvalue weighted by molar-refractivity contribution is 0.0300. The van der Waals surface area contributed by atoms with Crippen LogP contribution in [0.3, 0.4) is 0 Å². The summed E-state index contributed by atoms with van der Waals surface area (Å²) in [6.07, 6.45) is 0. The molecule has 0 unspecified atom stereocenters. The van der Waals surface area contributed by atoms with Gasteiger partial charge in [-0.05, 0) is 29.3 Å². The molecule has 2 aromatic carbocycles. The van der Waals surface area contributed by atoms with Crippen LogP contribution in [0.2, 0.25) is 0 Å². The monoisotopic (exact) mass is 489 g/mol. The van der Waals surface area contributed by atoms with Crippen LogP contribution in [0.5, 0.6) is 5.75 Å². The van der Waals surface area contributed by atoms with Gasteiger partial charge in [-0.25, -0.2) is 13.1 Å². The number of hydrogen-bond acceptors (Lipinski definition) is 7. The standard InChI is InChI=1S/C24H31N3O6S/c1-31-23-6-5-21(16-22(23)24(28)27-9-13-33-14-10-27)34(29,30)25-17-19-3-2-4-20(15-19)18-26-7-11-32-12-8-26/h2-6,15-16,25H,7-14,17-18H2,1H3. The van der Waals surface area contributed by atoms with Gasteiger partial charge in [-0.2, -0.15) is 0 Å². The molecule has 2 heterocycles. The summed E-state index contributed by atoms with van der Waals surface area (Å²) in [4.78, 5) is 17.0. The molecule has 34 heavy (non-hydrogen) atoms. The van der Waals surface area contributed by atoms with Gasteiger partial charge in [0, 0.05) is 39.3 Å². The zero-order valence-corrected chi connectivity index (χ0v) is 20.2. The van der Waals surface area contributed by atoms with E-state index in [0.29, 0.717) is 32.1 Å². The largest absolute Gasteiger partial charge is 0.496 e. The van der Waals surface area contributed by atoms with Gasteiger partial charge in [-0.15, -0.1) is 0 Å². The van der Waals surface area contributed by atoms with Crippen LogP contribution in [0.4, 0.5) is 0 Å². The summed E-state index contributed by atoms with van der Waals surface area (Å²) in [6.45, 7) is 6.02. The van der Waals surface area contributed by atoms with Crippen LogP contribution in [-0.2, 0) is 32.6 Å². The second-order valence-corrected chi connectivity index (χ2v) is 10.1. The van der Waals surface area contributed by atoms with Crippen LogP contribution in [-0.4, -0.2) is 83.8 Å². The second kappa shape index (κ2) is 11.3. The zero-order chi connectivity index (χ0) is 24.0. The van der Waals surface area contributed by atoms with E-state index in [-0.39, 0.29) is 22.9 Å². The lowest BCUT2D eigenvalue weighted by Crippen LogP contribution is -2.40. The molecule has 2 aliphatic heterocycles. The fourth-order valence-electron chi connectivity index (χ4n) is 4.08. The van der Waals surface area contributed by atoms with Crippen LogP contribution in [0, 0.1) is 0 Å². The van der Waals surface area contributed by atoms with E-state index in [1.165, 1.54) is 25.3 Å². The lowest BCUT2D eigenvalue weighted by Gasteiger charge is -2.27. The average Bonchev–Trinajstić information content (AvgIpc) is 2.88. The van der Waals surface area contributed by atoms with Gasteiger partial charge in [0.1, 0.15) is 5.75 Å². The maximum absolute atomic E-state index is 13.0. The molecule has 2 aliphatic rings. The third-order valence-corrected chi connectivity index (χ3v) is 7.38. The van der Waals surface area contributed by atoms with Crippen molar-refractivity contribution >= 4 is 15.9 Å². The molecule has 9 nitrogen and oxygen atoms in total. The van der Waals surface area contributed by atoms with Gasteiger partial charge in [0.2, 0.25) is 10.0 Å². The predicted molar refractivity (Wildman–Crippen MR) is 126 cm³/mol. The van der Waals surface area contributed by atoms with Gasteiger partial charge in [0.15, 0.2) is 0 Å². The van der Waals surface area contributed by atoms with Crippen molar-refractivity contribution in [2.24, 2.45) is 0 Å². The topological polar surface area (TPSA) is 97.4 Å². The van der Waals surface area contributed by atoms with Crippen LogP contribution in [0.25, 0.3) is 0 Å². The van der Waals surface area contributed by atoms with Crippen LogP contribution < -0.4 is 9.46 Å². The number of ether oxygens (including phenoxy) is 3. The minimum absolute atomic E-state index is 0.0226. The summed E-state index contributed by atoms with van der Waals surface area (Å²) in [5.41, 5.74) is 2.22. The van der Waals surface area contributed by atoms with Crippen molar-refractivity contribution in [1.82, 2.24) is 14.5 Å². The molecule has 1 amide bonds. The lowest BCUT2D eigenvalue weighted by atomic mass is 10.1. The van der Waals surface area contributed by atoms with Crippen molar-refractivity contribution in [1.29, 1.82) is 0 Å². The van der Waals surface area contributed by atoms with Crippen LogP contribution in [0.1, 0.15) is 21.5 Å². The first kappa shape index (κ1) is 24.6. The molecule has 0 atom stereocenters. The molecule has 0 bridgehead atoms. The Morgan fingerprint density at radius 2 is 1.65 bits per heavy atom. The zero-order valence-electron chi connectivity index (χ0n) is 19.4. The molecular formula is C24H31N3O6S. The number of nitrogens with zero attached hydrogens (tertiary/aromatic N) is 2. The Morgan fingerprint density at radius 1 is 0.971 bits per heavy atom. The Bertz CT molecular complexity index is 1100. The molecule has 2 fully saturated rings. The van der Waals surface area contributed by atoms with E-state index in [1.54, 1.807) is 4.90 Å². The maximum atomic E-state index is 13.0. The van der Waals surface area contributed by atoms with Gasteiger partial charge in [0.05, 0.1) is 44.0 Å². The van der Waals surface area contributed by atoms with E-state index in [9.17, 15) is 13.2 Å². The normalized spacial score (nSPS) is 17.5. The Kier molecular flexibility index (Phi) is 8.17. The first-order valence-corrected chi connectivity index (χ1v) is 12.9. The Hall–Kier alpha value is -2.50. The van der Waals surface area contributed by atoms with E-state index < -0.39 is 10.0 Å². The van der Waals surface area contributed by atoms with Gasteiger partial charge >= 0.3 is 0 Å². The van der Waals surface area contributed by atoms with Crippen molar-refractivity contribution in [3.8, 4) is 5.75 Å². The first-order valence-electron chi connectivity index (χ1n) is 11.4. The number of rotatable bonds is 8. The number of nitrogens with one attached hydrogen (secondary N) is 1. The Morgan fingerprint density at radius 3 is 2.35 bits per heavy atom. The summed E-state index contributed by atoms with van der Waals surface area (Å²) in [6, 6.07) is 12.2. The third kappa shape index (κ3) is 6.13. The van der Waals surface area contributed by atoms with Gasteiger partial charge in [-0.1, -0.05) is 24.3 Å². The molecule has 2 saturated heterocycles. The molecule has 0 aromatic heterocycles. The van der Waals surface area contributed by atoms with Crippen molar-refractivity contribution in [2.75, 3.05) is 59.7 Å². The van der Waals surface area contributed by atoms with Crippen molar-refractivity contribution in [3.05, 3.63) is 59.2 Å². The molecule has 0 radical (unpaired) electrons. The quantitative estimate of drug-likeness (QED) is 0.600. The van der Waals surface area contributed by atoms with E-state index in [2.05, 4.69) is 9.62 Å². The van der Waals surface area contributed by atoms with Crippen molar-refractivity contribution in [3.63, 3.8) is 0 Å². The number of hydrogen-bond donors (Lipinski definition) is 1. The molecular weight excluding hydrogens is 458 g/mol. The number of carbonyl (C=O) groups is 1. The summed E-state index contributed by atoms with van der Waals surface area (Å²) in [5.74, 6) is 0.0688. The minimum Gasteiger partial charge on any atom is -0.496 e. The highest BCUT2D eigenvalue weighted by molar-refractivity contribution is 7.89. The number of benzene rings is 2. The molecule has 2 aromatic rings. The first-order chi connectivity index (χ1) is 16.5. The van der Waals surface area contributed by atoms with E-state index in [0.717, 1.165) is 44.0 Å². The maximum Gasteiger partial charge on any atom is 0.257 e. The Balaban J connectivity index is 1.46. The van der Waals surface area contributed by atoms with Gasteiger partial charge < -0.3 is 19.1 Å². The van der Waals surface area contributed by atoms with E-state index in [1.807, 2.05) is 24.3 Å². The highest BCUT2D eigenvalue weighted by Crippen LogP contribution is 2.24. The SMILES string of the molecule is COc1ccc(S(=O)(=O)NCc2cccc(CN3CCOCC3)c2)cc1C(=O)N1CCOCC1. The molecule has 0 aliphatic carbocycles. The van der Waals surface area contributed by atoms with E-state index >= 15 is 0 Å². The molecule has 1 N–H and O–H groups in total. The van der Waals surface area contributed by atoms with Crippen molar-refractivity contribution < 1.29 is 27.4 Å². The fraction of sp³-hybridized carbons (Fsp3) is 0.458. The second-order valence-electron chi connectivity index (χ2n) is 8.30. The smallest absolute Gasteiger partial charge is 0.257 e. The number of sulfonamides is 1. The van der Waals surface area contributed by atoms with Crippen LogP contribution >= 0.6 is 0 Å². The molecule has 0 spiro atoms. The average molecular weight is 490 g/mol. The molecule has 0 saturated carbocycles. The summed E-state index contributed by atoms with van der Waals surface area (Å²) >= 11 is 0. The predicted octanol–water partition coefficient (Wildman–Crippen LogP) is 1.48. The Labute approximate surface area is 200 Å².